The molecule has 1 aromatic heterocycles. The largest absolute Gasteiger partial charge is 0.311 e. The Bertz CT molecular complexity index is 261. The van der Waals surface area contributed by atoms with E-state index in [1.165, 1.54) is 11.8 Å². The number of amidine groups is 1. The molecule has 0 saturated carbocycles. The maximum absolute atomic E-state index is 7.30. The number of hydrogen-bond donors (Lipinski definition) is 2. The van der Waals surface area contributed by atoms with Crippen molar-refractivity contribution in [3.05, 3.63) is 11.1 Å². The Hall–Kier alpha value is 0.180. The van der Waals surface area contributed by atoms with E-state index in [1.807, 2.05) is 13.2 Å². The summed E-state index contributed by atoms with van der Waals surface area (Å²) < 4.78 is 0. The van der Waals surface area contributed by atoms with Gasteiger partial charge < -0.3 is 5.32 Å². The maximum atomic E-state index is 7.30. The van der Waals surface area contributed by atoms with Gasteiger partial charge in [0.05, 0.1) is 0 Å². The van der Waals surface area contributed by atoms with Crippen LogP contribution in [0.3, 0.4) is 0 Å². The highest BCUT2D eigenvalue weighted by molar-refractivity contribution is 14.0. The van der Waals surface area contributed by atoms with Crippen molar-refractivity contribution in [2.45, 2.75) is 6.92 Å². The molecular formula is C6H10IN3S2. The Morgan fingerprint density at radius 1 is 1.75 bits per heavy atom. The molecule has 12 heavy (non-hydrogen) atoms. The summed E-state index contributed by atoms with van der Waals surface area (Å²) in [6, 6.07) is 0. The zero-order valence-electron chi connectivity index (χ0n) is 6.75. The predicted molar refractivity (Wildman–Crippen MR) is 67.1 cm³/mol. The fourth-order valence-corrected chi connectivity index (χ4v) is 1.49. The van der Waals surface area contributed by atoms with Crippen molar-refractivity contribution in [2.75, 3.05) is 11.6 Å². The lowest BCUT2D eigenvalue weighted by Crippen LogP contribution is -2.03. The summed E-state index contributed by atoms with van der Waals surface area (Å²) in [4.78, 5) is 5.21. The lowest BCUT2D eigenvalue weighted by atomic mass is 10.7. The number of aryl methyl sites for hydroxylation is 1. The third-order valence-corrected chi connectivity index (χ3v) is 2.38. The lowest BCUT2D eigenvalue weighted by molar-refractivity contribution is 1.37. The van der Waals surface area contributed by atoms with E-state index in [-0.39, 0.29) is 24.0 Å². The Morgan fingerprint density at radius 3 is 2.83 bits per heavy atom. The highest BCUT2D eigenvalue weighted by Gasteiger charge is 1.98. The second-order valence-electron chi connectivity index (χ2n) is 1.93. The van der Waals surface area contributed by atoms with Gasteiger partial charge >= 0.3 is 0 Å². The summed E-state index contributed by atoms with van der Waals surface area (Å²) in [6.07, 6.45) is 3.65. The monoisotopic (exact) mass is 315 g/mol. The molecule has 68 valence electrons. The lowest BCUT2D eigenvalue weighted by Gasteiger charge is -1.98. The molecule has 0 radical (unpaired) electrons. The van der Waals surface area contributed by atoms with Gasteiger partial charge in [0.2, 0.25) is 0 Å². The van der Waals surface area contributed by atoms with Gasteiger partial charge in [-0.15, -0.1) is 35.3 Å². The van der Waals surface area contributed by atoms with Gasteiger partial charge in [0.1, 0.15) is 0 Å². The molecule has 0 aliphatic heterocycles. The van der Waals surface area contributed by atoms with Crippen LogP contribution in [0, 0.1) is 12.3 Å². The van der Waals surface area contributed by atoms with E-state index < -0.39 is 0 Å². The topological polar surface area (TPSA) is 48.8 Å². The first kappa shape index (κ1) is 12.2. The second kappa shape index (κ2) is 5.76. The van der Waals surface area contributed by atoms with E-state index in [4.69, 9.17) is 5.41 Å². The van der Waals surface area contributed by atoms with Gasteiger partial charge in [0.15, 0.2) is 10.3 Å². The maximum Gasteiger partial charge on any atom is 0.188 e. The van der Waals surface area contributed by atoms with E-state index in [9.17, 15) is 0 Å². The average Bonchev–Trinajstić information content (AvgIpc) is 2.35. The first-order valence-corrected chi connectivity index (χ1v) is 5.08. The zero-order valence-corrected chi connectivity index (χ0v) is 10.7. The van der Waals surface area contributed by atoms with E-state index in [0.717, 1.165) is 10.0 Å². The van der Waals surface area contributed by atoms with Crippen molar-refractivity contribution in [3.63, 3.8) is 0 Å². The van der Waals surface area contributed by atoms with Gasteiger partial charge in [0, 0.05) is 11.1 Å². The van der Waals surface area contributed by atoms with Gasteiger partial charge in [-0.3, -0.25) is 5.41 Å². The van der Waals surface area contributed by atoms with Crippen molar-refractivity contribution >= 4 is 57.4 Å². The Balaban J connectivity index is 0.00000121. The van der Waals surface area contributed by atoms with Gasteiger partial charge in [0.25, 0.3) is 0 Å². The first-order valence-electron chi connectivity index (χ1n) is 3.04. The number of thioether (sulfide) groups is 1. The highest BCUT2D eigenvalue weighted by Crippen LogP contribution is 2.17. The minimum absolute atomic E-state index is 0. The number of anilines is 1. The van der Waals surface area contributed by atoms with E-state index in [2.05, 4.69) is 10.3 Å². The molecule has 0 aliphatic rings. The first-order chi connectivity index (χ1) is 5.22. The summed E-state index contributed by atoms with van der Waals surface area (Å²) >= 11 is 2.92. The van der Waals surface area contributed by atoms with Crippen LogP contribution in [-0.2, 0) is 0 Å². The smallest absolute Gasteiger partial charge is 0.188 e. The minimum Gasteiger partial charge on any atom is -0.311 e. The Labute approximate surface area is 96.9 Å². The summed E-state index contributed by atoms with van der Waals surface area (Å²) in [6.45, 7) is 1.99. The minimum atomic E-state index is 0. The number of hydrogen-bond acceptors (Lipinski definition) is 4. The molecule has 0 saturated heterocycles. The molecule has 2 N–H and O–H groups in total. The molecule has 1 aromatic rings. The van der Waals surface area contributed by atoms with E-state index in [0.29, 0.717) is 5.17 Å². The molecular weight excluding hydrogens is 305 g/mol. The molecule has 1 heterocycles. The van der Waals surface area contributed by atoms with Crippen molar-refractivity contribution in [1.82, 2.24) is 4.98 Å². The van der Waals surface area contributed by atoms with Crippen LogP contribution >= 0.6 is 47.1 Å². The molecule has 0 aromatic carbocycles. The molecule has 3 nitrogen and oxygen atoms in total. The van der Waals surface area contributed by atoms with Gasteiger partial charge in [-0.05, 0) is 13.2 Å². The van der Waals surface area contributed by atoms with Crippen LogP contribution in [0.5, 0.6) is 0 Å². The number of nitrogens with one attached hydrogen (secondary N) is 2. The van der Waals surface area contributed by atoms with Gasteiger partial charge in [-0.1, -0.05) is 11.8 Å². The molecule has 0 aliphatic carbocycles. The van der Waals surface area contributed by atoms with Crippen LogP contribution in [0.15, 0.2) is 6.20 Å². The third-order valence-electron chi connectivity index (χ3n) is 1.05. The van der Waals surface area contributed by atoms with E-state index in [1.54, 1.807) is 17.5 Å². The van der Waals surface area contributed by atoms with Gasteiger partial charge in [-0.2, -0.15) is 0 Å². The SMILES string of the molecule is CSC(=N)Nc1ncc(C)s1.I. The quantitative estimate of drug-likeness (QED) is 0.476. The molecule has 0 atom stereocenters. The summed E-state index contributed by atoms with van der Waals surface area (Å²) in [5.74, 6) is 0. The number of halogens is 1. The van der Waals surface area contributed by atoms with Crippen LogP contribution < -0.4 is 5.32 Å². The van der Waals surface area contributed by atoms with Crippen LogP contribution in [-0.4, -0.2) is 16.4 Å². The standard InChI is InChI=1S/C6H9N3S2.HI/c1-4-3-8-6(11-4)9-5(7)10-2;/h3H,1-2H3,(H2,7,8,9);1H. The van der Waals surface area contributed by atoms with Gasteiger partial charge in [-0.25, -0.2) is 4.98 Å². The molecule has 6 heteroatoms. The fraction of sp³-hybridized carbons (Fsp3) is 0.333. The van der Waals surface area contributed by atoms with Crippen LogP contribution in [0.4, 0.5) is 5.13 Å². The predicted octanol–water partition coefficient (Wildman–Crippen LogP) is 2.78. The summed E-state index contributed by atoms with van der Waals surface area (Å²) in [7, 11) is 0. The number of thiazole rings is 1. The molecule has 0 fully saturated rings. The number of nitrogens with zero attached hydrogens (tertiary/aromatic N) is 1. The zero-order chi connectivity index (χ0) is 8.27. The van der Waals surface area contributed by atoms with E-state index >= 15 is 0 Å². The van der Waals surface area contributed by atoms with Crippen molar-refractivity contribution in [2.24, 2.45) is 0 Å². The third kappa shape index (κ3) is 3.72. The molecule has 0 unspecified atom stereocenters. The normalized spacial score (nSPS) is 8.83. The Morgan fingerprint density at radius 2 is 2.42 bits per heavy atom. The molecule has 0 amide bonds. The highest BCUT2D eigenvalue weighted by atomic mass is 127. The summed E-state index contributed by atoms with van der Waals surface area (Å²) in [5.41, 5.74) is 0. The summed E-state index contributed by atoms with van der Waals surface area (Å²) in [5, 5.41) is 11.4. The number of aromatic nitrogens is 1. The van der Waals surface area contributed by atoms with Crippen molar-refractivity contribution in [3.8, 4) is 0 Å². The van der Waals surface area contributed by atoms with Crippen molar-refractivity contribution < 1.29 is 0 Å². The average molecular weight is 315 g/mol. The van der Waals surface area contributed by atoms with Crippen LogP contribution in [0.25, 0.3) is 0 Å². The van der Waals surface area contributed by atoms with Crippen LogP contribution in [0.2, 0.25) is 0 Å². The molecule has 1 rings (SSSR count). The second-order valence-corrected chi connectivity index (χ2v) is 3.99. The van der Waals surface area contributed by atoms with Crippen molar-refractivity contribution in [1.29, 1.82) is 5.41 Å². The number of rotatable bonds is 1. The van der Waals surface area contributed by atoms with Crippen LogP contribution in [0.1, 0.15) is 4.88 Å². The Kier molecular flexibility index (Phi) is 5.85. The fourth-order valence-electron chi connectivity index (χ4n) is 0.561. The molecule has 0 spiro atoms. The molecule has 0 bridgehead atoms.